The molecule has 2 N–H and O–H groups in total. The van der Waals surface area contributed by atoms with Crippen molar-refractivity contribution in [3.05, 3.63) is 82.8 Å². The van der Waals surface area contributed by atoms with Crippen LogP contribution >= 0.6 is 23.2 Å². The summed E-state index contributed by atoms with van der Waals surface area (Å²) in [6.45, 7) is -0.474. The number of amides is 2. The molecule has 0 spiro atoms. The first-order valence-corrected chi connectivity index (χ1v) is 10.7. The summed E-state index contributed by atoms with van der Waals surface area (Å²) in [6.07, 6.45) is -0.262. The Kier molecular flexibility index (Phi) is 8.69. The third kappa shape index (κ3) is 7.82. The minimum absolute atomic E-state index is 0.0944. The molecule has 0 aromatic heterocycles. The largest absolute Gasteiger partial charge is 0.456 e. The normalized spacial score (nSPS) is 10.2. The fraction of sp³-hybridized carbons (Fsp3) is 0.125. The Morgan fingerprint density at radius 2 is 1.39 bits per heavy atom. The predicted octanol–water partition coefficient (Wildman–Crippen LogP) is 5.69. The van der Waals surface area contributed by atoms with Crippen LogP contribution in [0.5, 0.6) is 11.5 Å². The highest BCUT2D eigenvalue weighted by molar-refractivity contribution is 6.33. The molecule has 0 radical (unpaired) electrons. The summed E-state index contributed by atoms with van der Waals surface area (Å²) in [5.74, 6) is -0.482. The molecule has 0 unspecified atom stereocenters. The molecule has 0 saturated heterocycles. The quantitative estimate of drug-likeness (QED) is 0.379. The van der Waals surface area contributed by atoms with Crippen molar-refractivity contribution >= 4 is 52.4 Å². The Labute approximate surface area is 200 Å². The van der Waals surface area contributed by atoms with Gasteiger partial charge in [-0.1, -0.05) is 47.5 Å². The van der Waals surface area contributed by atoms with E-state index < -0.39 is 18.5 Å². The van der Waals surface area contributed by atoms with Gasteiger partial charge in [0.05, 0.1) is 22.2 Å². The number of carbonyl (C=O) groups is 3. The second kappa shape index (κ2) is 11.9. The number of nitrogens with one attached hydrogen (secondary N) is 2. The van der Waals surface area contributed by atoms with Gasteiger partial charge in [-0.15, -0.1) is 0 Å². The lowest BCUT2D eigenvalue weighted by Gasteiger charge is -2.09. The highest BCUT2D eigenvalue weighted by Gasteiger charge is 2.12. The van der Waals surface area contributed by atoms with Crippen LogP contribution < -0.4 is 15.4 Å². The van der Waals surface area contributed by atoms with Crippen LogP contribution in [-0.4, -0.2) is 24.4 Å². The fourth-order valence-electron chi connectivity index (χ4n) is 2.67. The second-order valence-corrected chi connectivity index (χ2v) is 7.61. The SMILES string of the molecule is O=C(CCC(=O)OCC(=O)Nc1ccccc1Cl)Nc1ccc(Oc2ccccc2Cl)cc1. The van der Waals surface area contributed by atoms with Crippen molar-refractivity contribution < 1.29 is 23.9 Å². The van der Waals surface area contributed by atoms with Crippen molar-refractivity contribution in [2.24, 2.45) is 0 Å². The molecule has 170 valence electrons. The molecule has 0 atom stereocenters. The molecule has 0 bridgehead atoms. The van der Waals surface area contributed by atoms with Crippen LogP contribution in [0.1, 0.15) is 12.8 Å². The third-order valence-electron chi connectivity index (χ3n) is 4.27. The van der Waals surface area contributed by atoms with Crippen LogP contribution in [0.4, 0.5) is 11.4 Å². The standard InChI is InChI=1S/C24H20Cl2N2O5/c25-18-5-1-3-7-20(18)28-23(30)15-32-24(31)14-13-22(29)27-16-9-11-17(12-10-16)33-21-8-4-2-6-19(21)26/h1-12H,13-15H2,(H,27,29)(H,28,30). The molecule has 33 heavy (non-hydrogen) atoms. The van der Waals surface area contributed by atoms with Gasteiger partial charge in [-0.3, -0.25) is 14.4 Å². The average Bonchev–Trinajstić information content (AvgIpc) is 2.80. The summed E-state index contributed by atoms with van der Waals surface area (Å²) >= 11 is 12.0. The van der Waals surface area contributed by atoms with Crippen molar-refractivity contribution in [3.63, 3.8) is 0 Å². The lowest BCUT2D eigenvalue weighted by atomic mass is 10.2. The van der Waals surface area contributed by atoms with E-state index in [0.717, 1.165) is 0 Å². The number of esters is 1. The molecular formula is C24H20Cl2N2O5. The van der Waals surface area contributed by atoms with E-state index in [1.54, 1.807) is 66.7 Å². The van der Waals surface area contributed by atoms with E-state index >= 15 is 0 Å². The van der Waals surface area contributed by atoms with Gasteiger partial charge in [0.2, 0.25) is 5.91 Å². The number of halogens is 2. The fourth-order valence-corrected chi connectivity index (χ4v) is 3.02. The number of rotatable bonds is 9. The highest BCUT2D eigenvalue weighted by atomic mass is 35.5. The minimum atomic E-state index is -0.664. The molecule has 3 rings (SSSR count). The van der Waals surface area contributed by atoms with Gasteiger partial charge in [0.1, 0.15) is 11.5 Å². The molecule has 9 heteroatoms. The number of ether oxygens (including phenoxy) is 2. The van der Waals surface area contributed by atoms with Crippen molar-refractivity contribution in [3.8, 4) is 11.5 Å². The van der Waals surface area contributed by atoms with Gasteiger partial charge in [0.15, 0.2) is 6.61 Å². The maximum atomic E-state index is 12.1. The first-order chi connectivity index (χ1) is 15.9. The summed E-state index contributed by atoms with van der Waals surface area (Å²) in [7, 11) is 0. The third-order valence-corrected chi connectivity index (χ3v) is 4.91. The summed E-state index contributed by atoms with van der Waals surface area (Å²) in [5, 5.41) is 6.08. The van der Waals surface area contributed by atoms with Gasteiger partial charge < -0.3 is 20.1 Å². The first kappa shape index (κ1) is 24.1. The van der Waals surface area contributed by atoms with Gasteiger partial charge in [-0.25, -0.2) is 0 Å². The van der Waals surface area contributed by atoms with Crippen molar-refractivity contribution in [1.29, 1.82) is 0 Å². The van der Waals surface area contributed by atoms with E-state index in [0.29, 0.717) is 32.9 Å². The van der Waals surface area contributed by atoms with Gasteiger partial charge in [-0.05, 0) is 48.5 Å². The van der Waals surface area contributed by atoms with Crippen LogP contribution in [0.25, 0.3) is 0 Å². The van der Waals surface area contributed by atoms with Crippen molar-refractivity contribution in [2.45, 2.75) is 12.8 Å². The number of carbonyl (C=O) groups excluding carboxylic acids is 3. The molecule has 0 aliphatic rings. The number of hydrogen-bond donors (Lipinski definition) is 2. The van der Waals surface area contributed by atoms with Gasteiger partial charge >= 0.3 is 5.97 Å². The first-order valence-electron chi connectivity index (χ1n) is 9.93. The van der Waals surface area contributed by atoms with Gasteiger partial charge in [0.25, 0.3) is 5.91 Å². The molecule has 0 fully saturated rings. The van der Waals surface area contributed by atoms with Crippen LogP contribution in [0.15, 0.2) is 72.8 Å². The van der Waals surface area contributed by atoms with Crippen molar-refractivity contribution in [2.75, 3.05) is 17.2 Å². The van der Waals surface area contributed by atoms with Crippen LogP contribution in [0.2, 0.25) is 10.0 Å². The molecule has 7 nitrogen and oxygen atoms in total. The average molecular weight is 487 g/mol. The summed E-state index contributed by atoms with van der Waals surface area (Å²) in [6, 6.07) is 20.5. The Morgan fingerprint density at radius 3 is 2.09 bits per heavy atom. The maximum Gasteiger partial charge on any atom is 0.306 e. The van der Waals surface area contributed by atoms with Crippen molar-refractivity contribution in [1.82, 2.24) is 0 Å². The molecule has 2 amide bonds. The lowest BCUT2D eigenvalue weighted by Crippen LogP contribution is -2.22. The smallest absolute Gasteiger partial charge is 0.306 e. The van der Waals surface area contributed by atoms with Crippen LogP contribution in [0, 0.1) is 0 Å². The zero-order valence-corrected chi connectivity index (χ0v) is 18.9. The molecule has 0 aliphatic heterocycles. The summed E-state index contributed by atoms with van der Waals surface area (Å²) < 4.78 is 10.6. The van der Waals surface area contributed by atoms with Crippen LogP contribution in [0.3, 0.4) is 0 Å². The summed E-state index contributed by atoms with van der Waals surface area (Å²) in [4.78, 5) is 35.8. The maximum absolute atomic E-state index is 12.1. The van der Waals surface area contributed by atoms with E-state index in [2.05, 4.69) is 10.6 Å². The van der Waals surface area contributed by atoms with E-state index in [9.17, 15) is 14.4 Å². The molecule has 3 aromatic carbocycles. The zero-order valence-electron chi connectivity index (χ0n) is 17.3. The Morgan fingerprint density at radius 1 is 0.727 bits per heavy atom. The van der Waals surface area contributed by atoms with Gasteiger partial charge in [0, 0.05) is 12.1 Å². The van der Waals surface area contributed by atoms with E-state index in [1.807, 2.05) is 6.07 Å². The van der Waals surface area contributed by atoms with E-state index in [-0.39, 0.29) is 18.7 Å². The number of hydrogen-bond acceptors (Lipinski definition) is 5. The monoisotopic (exact) mass is 486 g/mol. The van der Waals surface area contributed by atoms with Gasteiger partial charge in [-0.2, -0.15) is 0 Å². The van der Waals surface area contributed by atoms with Crippen LogP contribution in [-0.2, 0) is 19.1 Å². The zero-order chi connectivity index (χ0) is 23.6. The second-order valence-electron chi connectivity index (χ2n) is 6.79. The molecule has 0 aliphatic carbocycles. The Bertz CT molecular complexity index is 1140. The lowest BCUT2D eigenvalue weighted by molar-refractivity contribution is -0.147. The molecule has 0 heterocycles. The summed E-state index contributed by atoms with van der Waals surface area (Å²) in [5.41, 5.74) is 0.960. The Balaban J connectivity index is 1.38. The molecule has 0 saturated carbocycles. The number of benzene rings is 3. The molecule has 3 aromatic rings. The highest BCUT2D eigenvalue weighted by Crippen LogP contribution is 2.29. The van der Waals surface area contributed by atoms with E-state index in [4.69, 9.17) is 32.7 Å². The predicted molar refractivity (Wildman–Crippen MR) is 127 cm³/mol. The number of anilines is 2. The topological polar surface area (TPSA) is 93.7 Å². The number of para-hydroxylation sites is 2. The minimum Gasteiger partial charge on any atom is -0.456 e. The van der Waals surface area contributed by atoms with E-state index in [1.165, 1.54) is 0 Å². The molecular weight excluding hydrogens is 467 g/mol. The Hall–Kier alpha value is -3.55.